The molecule has 0 saturated carbocycles. The number of anilines is 1. The SMILES string of the molecule is CNc1ncc(F)cc1C(=O)N1CCN(C)C(=O)C1. The van der Waals surface area contributed by atoms with Crippen LogP contribution in [0.15, 0.2) is 12.3 Å². The molecule has 1 aromatic rings. The van der Waals surface area contributed by atoms with E-state index < -0.39 is 11.7 Å². The highest BCUT2D eigenvalue weighted by atomic mass is 19.1. The lowest BCUT2D eigenvalue weighted by atomic mass is 10.2. The number of halogens is 1. The Balaban J connectivity index is 2.24. The summed E-state index contributed by atoms with van der Waals surface area (Å²) >= 11 is 0. The largest absolute Gasteiger partial charge is 0.372 e. The van der Waals surface area contributed by atoms with Crippen molar-refractivity contribution >= 4 is 17.6 Å². The number of hydrogen-bond donors (Lipinski definition) is 1. The standard InChI is InChI=1S/C12H15FN4O2/c1-14-11-9(5-8(13)6-15-11)12(19)17-4-3-16(2)10(18)7-17/h5-6H,3-4,7H2,1-2H3,(H,14,15). The maximum absolute atomic E-state index is 13.2. The Morgan fingerprint density at radius 3 is 2.84 bits per heavy atom. The van der Waals surface area contributed by atoms with Crippen molar-refractivity contribution in [2.24, 2.45) is 0 Å². The molecule has 2 heterocycles. The number of amides is 2. The van der Waals surface area contributed by atoms with Crippen LogP contribution in [0.25, 0.3) is 0 Å². The van der Waals surface area contributed by atoms with E-state index in [1.165, 1.54) is 4.90 Å². The van der Waals surface area contributed by atoms with Gasteiger partial charge >= 0.3 is 0 Å². The minimum Gasteiger partial charge on any atom is -0.372 e. The quantitative estimate of drug-likeness (QED) is 0.829. The van der Waals surface area contributed by atoms with E-state index in [1.807, 2.05) is 0 Å². The topological polar surface area (TPSA) is 65.5 Å². The Hall–Kier alpha value is -2.18. The number of likely N-dealkylation sites (N-methyl/N-ethyl adjacent to an activating group) is 1. The Labute approximate surface area is 110 Å². The van der Waals surface area contributed by atoms with Crippen LogP contribution >= 0.6 is 0 Å². The minimum atomic E-state index is -0.581. The van der Waals surface area contributed by atoms with Gasteiger partial charge in [-0.1, -0.05) is 0 Å². The number of hydrogen-bond acceptors (Lipinski definition) is 4. The van der Waals surface area contributed by atoms with Gasteiger partial charge in [-0.2, -0.15) is 0 Å². The normalized spacial score (nSPS) is 15.6. The molecule has 0 spiro atoms. The van der Waals surface area contributed by atoms with E-state index in [2.05, 4.69) is 10.3 Å². The maximum atomic E-state index is 13.2. The zero-order valence-corrected chi connectivity index (χ0v) is 10.8. The van der Waals surface area contributed by atoms with Crippen LogP contribution in [0.5, 0.6) is 0 Å². The van der Waals surface area contributed by atoms with Gasteiger partial charge in [-0.15, -0.1) is 0 Å². The number of carbonyl (C=O) groups excluding carboxylic acids is 2. The highest BCUT2D eigenvalue weighted by molar-refractivity contribution is 6.00. The molecule has 1 fully saturated rings. The summed E-state index contributed by atoms with van der Waals surface area (Å²) in [5.41, 5.74) is 0.139. The van der Waals surface area contributed by atoms with Gasteiger partial charge < -0.3 is 15.1 Å². The average Bonchev–Trinajstić information content (AvgIpc) is 2.41. The predicted octanol–water partition coefficient (Wildman–Crippen LogP) is 0.177. The first-order valence-corrected chi connectivity index (χ1v) is 5.89. The lowest BCUT2D eigenvalue weighted by molar-refractivity contribution is -0.133. The summed E-state index contributed by atoms with van der Waals surface area (Å²) in [6.45, 7) is 0.915. The van der Waals surface area contributed by atoms with Gasteiger partial charge in [-0.05, 0) is 6.07 Å². The van der Waals surface area contributed by atoms with Crippen LogP contribution in [-0.4, -0.2) is 60.3 Å². The van der Waals surface area contributed by atoms with E-state index in [0.717, 1.165) is 12.3 Å². The van der Waals surface area contributed by atoms with Crippen molar-refractivity contribution in [3.63, 3.8) is 0 Å². The first-order valence-electron chi connectivity index (χ1n) is 5.89. The number of pyridine rings is 1. The van der Waals surface area contributed by atoms with Gasteiger partial charge in [-0.3, -0.25) is 9.59 Å². The Kier molecular flexibility index (Phi) is 3.64. The van der Waals surface area contributed by atoms with Crippen LogP contribution in [0.4, 0.5) is 10.2 Å². The molecule has 0 aromatic carbocycles. The molecule has 1 N–H and O–H groups in total. The predicted molar refractivity (Wildman–Crippen MR) is 67.3 cm³/mol. The molecule has 0 atom stereocenters. The third kappa shape index (κ3) is 2.64. The first-order chi connectivity index (χ1) is 9.02. The number of aromatic nitrogens is 1. The molecule has 1 saturated heterocycles. The Bertz CT molecular complexity index is 520. The first kappa shape index (κ1) is 13.3. The monoisotopic (exact) mass is 266 g/mol. The summed E-state index contributed by atoms with van der Waals surface area (Å²) in [6, 6.07) is 1.13. The van der Waals surface area contributed by atoms with Gasteiger partial charge in [-0.25, -0.2) is 9.37 Å². The smallest absolute Gasteiger partial charge is 0.258 e. The number of piperazine rings is 1. The highest BCUT2D eigenvalue weighted by Gasteiger charge is 2.27. The molecule has 0 radical (unpaired) electrons. The third-order valence-corrected chi connectivity index (χ3v) is 3.07. The summed E-state index contributed by atoms with van der Waals surface area (Å²) < 4.78 is 13.2. The molecular weight excluding hydrogens is 251 g/mol. The van der Waals surface area contributed by atoms with E-state index in [0.29, 0.717) is 18.9 Å². The average molecular weight is 266 g/mol. The highest BCUT2D eigenvalue weighted by Crippen LogP contribution is 2.16. The minimum absolute atomic E-state index is 0.00893. The van der Waals surface area contributed by atoms with Gasteiger partial charge in [0.25, 0.3) is 5.91 Å². The number of carbonyl (C=O) groups is 2. The van der Waals surface area contributed by atoms with Gasteiger partial charge in [0.2, 0.25) is 5.91 Å². The van der Waals surface area contributed by atoms with Crippen molar-refractivity contribution < 1.29 is 14.0 Å². The number of nitrogens with one attached hydrogen (secondary N) is 1. The summed E-state index contributed by atoms with van der Waals surface area (Å²) in [7, 11) is 3.29. The van der Waals surface area contributed by atoms with Crippen LogP contribution in [0, 0.1) is 5.82 Å². The Morgan fingerprint density at radius 2 is 2.21 bits per heavy atom. The van der Waals surface area contributed by atoms with Crippen LogP contribution in [-0.2, 0) is 4.79 Å². The van der Waals surface area contributed by atoms with Crippen molar-refractivity contribution in [2.75, 3.05) is 39.0 Å². The van der Waals surface area contributed by atoms with Gasteiger partial charge in [0.1, 0.15) is 18.2 Å². The molecule has 1 aliphatic rings. The second kappa shape index (κ2) is 5.21. The zero-order valence-electron chi connectivity index (χ0n) is 10.8. The van der Waals surface area contributed by atoms with Crippen LogP contribution in [0.2, 0.25) is 0 Å². The molecule has 1 aliphatic heterocycles. The fourth-order valence-electron chi connectivity index (χ4n) is 1.90. The summed E-state index contributed by atoms with van der Waals surface area (Å²) in [5, 5.41) is 2.74. The van der Waals surface area contributed by atoms with Crippen molar-refractivity contribution in [1.82, 2.24) is 14.8 Å². The molecule has 2 rings (SSSR count). The molecule has 0 unspecified atom stereocenters. The molecular formula is C12H15FN4O2. The van der Waals surface area contributed by atoms with E-state index in [1.54, 1.807) is 19.0 Å². The molecule has 0 bridgehead atoms. The van der Waals surface area contributed by atoms with Crippen molar-refractivity contribution in [2.45, 2.75) is 0 Å². The van der Waals surface area contributed by atoms with Crippen LogP contribution in [0.1, 0.15) is 10.4 Å². The number of nitrogens with zero attached hydrogens (tertiary/aromatic N) is 3. The van der Waals surface area contributed by atoms with E-state index in [-0.39, 0.29) is 18.0 Å². The van der Waals surface area contributed by atoms with E-state index in [9.17, 15) is 14.0 Å². The summed E-state index contributed by atoms with van der Waals surface area (Å²) in [6.07, 6.45) is 1.04. The molecule has 2 amide bonds. The van der Waals surface area contributed by atoms with Gasteiger partial charge in [0.15, 0.2) is 0 Å². The molecule has 19 heavy (non-hydrogen) atoms. The van der Waals surface area contributed by atoms with Crippen LogP contribution in [0.3, 0.4) is 0 Å². The van der Waals surface area contributed by atoms with Crippen molar-refractivity contribution in [3.05, 3.63) is 23.6 Å². The number of rotatable bonds is 2. The van der Waals surface area contributed by atoms with E-state index in [4.69, 9.17) is 0 Å². The summed E-state index contributed by atoms with van der Waals surface area (Å²) in [5.74, 6) is -0.798. The lowest BCUT2D eigenvalue weighted by Crippen LogP contribution is -2.50. The molecule has 1 aromatic heterocycles. The Morgan fingerprint density at radius 1 is 1.47 bits per heavy atom. The second-order valence-corrected chi connectivity index (χ2v) is 4.34. The van der Waals surface area contributed by atoms with Gasteiger partial charge in [0, 0.05) is 27.2 Å². The third-order valence-electron chi connectivity index (χ3n) is 3.07. The molecule has 7 heteroatoms. The maximum Gasteiger partial charge on any atom is 0.258 e. The lowest BCUT2D eigenvalue weighted by Gasteiger charge is -2.32. The molecule has 0 aliphatic carbocycles. The molecule has 102 valence electrons. The fraction of sp³-hybridized carbons (Fsp3) is 0.417. The van der Waals surface area contributed by atoms with Gasteiger partial charge in [0.05, 0.1) is 11.8 Å². The second-order valence-electron chi connectivity index (χ2n) is 4.34. The zero-order chi connectivity index (χ0) is 14.0. The van der Waals surface area contributed by atoms with Crippen molar-refractivity contribution in [3.8, 4) is 0 Å². The van der Waals surface area contributed by atoms with Crippen LogP contribution < -0.4 is 5.32 Å². The fourth-order valence-corrected chi connectivity index (χ4v) is 1.90. The van der Waals surface area contributed by atoms with E-state index >= 15 is 0 Å². The van der Waals surface area contributed by atoms with Crippen molar-refractivity contribution in [1.29, 1.82) is 0 Å². The summed E-state index contributed by atoms with van der Waals surface area (Å²) in [4.78, 5) is 30.7. The molecule has 6 nitrogen and oxygen atoms in total.